The second kappa shape index (κ2) is 4.97. The van der Waals surface area contributed by atoms with E-state index in [0.717, 1.165) is 28.6 Å². The molecule has 0 radical (unpaired) electrons. The monoisotopic (exact) mass is 417 g/mol. The molecule has 4 saturated heterocycles. The van der Waals surface area contributed by atoms with Gasteiger partial charge < -0.3 is 4.90 Å². The maximum Gasteiger partial charge on any atom is 0.267 e. The lowest BCUT2D eigenvalue weighted by atomic mass is 9.57. The van der Waals surface area contributed by atoms with Gasteiger partial charge in [-0.2, -0.15) is 0 Å². The maximum absolute atomic E-state index is 13.6. The van der Waals surface area contributed by atoms with E-state index in [2.05, 4.69) is 45.6 Å². The minimum atomic E-state index is -0.744. The number of carbonyl (C=O) groups excluding carboxylic acids is 2. The van der Waals surface area contributed by atoms with Gasteiger partial charge in [0, 0.05) is 43.3 Å². The van der Waals surface area contributed by atoms with E-state index in [4.69, 9.17) is 0 Å². The van der Waals surface area contributed by atoms with Crippen LogP contribution in [0.4, 0.5) is 5.69 Å². The van der Waals surface area contributed by atoms with Crippen LogP contribution >= 0.6 is 15.9 Å². The average molecular weight is 418 g/mol. The lowest BCUT2D eigenvalue weighted by Gasteiger charge is -2.69. The van der Waals surface area contributed by atoms with E-state index in [1.165, 1.54) is 0 Å². The number of likely N-dealkylation sites (N-methyl/N-ethyl adjacent to an activating group) is 1. The van der Waals surface area contributed by atoms with Crippen molar-refractivity contribution in [3.63, 3.8) is 0 Å². The summed E-state index contributed by atoms with van der Waals surface area (Å²) < 4.78 is 0.987. The van der Waals surface area contributed by atoms with Crippen LogP contribution in [0.5, 0.6) is 0 Å². The van der Waals surface area contributed by atoms with E-state index in [9.17, 15) is 9.59 Å². The minimum Gasteiger partial charge on any atom is -0.312 e. The van der Waals surface area contributed by atoms with Crippen LogP contribution in [0.2, 0.25) is 0 Å². The van der Waals surface area contributed by atoms with Crippen LogP contribution in [0.3, 0.4) is 0 Å². The molecular formula is C20H24BrN3O2. The lowest BCUT2D eigenvalue weighted by Crippen LogP contribution is -2.84. The Morgan fingerprint density at radius 2 is 1.54 bits per heavy atom. The molecule has 5 nitrogen and oxygen atoms in total. The van der Waals surface area contributed by atoms with Crippen LogP contribution in [0.15, 0.2) is 22.7 Å². The molecule has 0 aliphatic carbocycles. The quantitative estimate of drug-likeness (QED) is 0.741. The van der Waals surface area contributed by atoms with Gasteiger partial charge in [0.15, 0.2) is 5.66 Å². The third kappa shape index (κ3) is 1.61. The first-order valence-electron chi connectivity index (χ1n) is 9.48. The first kappa shape index (κ1) is 16.9. The van der Waals surface area contributed by atoms with Crippen molar-refractivity contribution in [3.8, 4) is 0 Å². The summed E-state index contributed by atoms with van der Waals surface area (Å²) in [6, 6.07) is 6.11. The molecule has 6 heteroatoms. The second-order valence-corrected chi connectivity index (χ2v) is 9.42. The van der Waals surface area contributed by atoms with Gasteiger partial charge in [-0.3, -0.25) is 19.4 Å². The molecule has 0 aromatic heterocycles. The summed E-state index contributed by atoms with van der Waals surface area (Å²) in [5, 5.41) is 0. The summed E-state index contributed by atoms with van der Waals surface area (Å²) in [6.45, 7) is 6.99. The van der Waals surface area contributed by atoms with Gasteiger partial charge in [-0.1, -0.05) is 29.8 Å². The number of amides is 1. The number of ketones is 1. The molecule has 1 aromatic carbocycles. The normalized spacial score (nSPS) is 42.8. The number of hydrogen-bond acceptors (Lipinski definition) is 4. The smallest absolute Gasteiger partial charge is 0.267 e. The van der Waals surface area contributed by atoms with Crippen LogP contribution < -0.4 is 4.90 Å². The molecule has 0 N–H and O–H groups in total. The highest BCUT2D eigenvalue weighted by Crippen LogP contribution is 2.60. The molecule has 1 amide bonds. The van der Waals surface area contributed by atoms with Crippen LogP contribution in [0.25, 0.3) is 0 Å². The van der Waals surface area contributed by atoms with Crippen LogP contribution in [-0.2, 0) is 15.3 Å². The van der Waals surface area contributed by atoms with E-state index >= 15 is 0 Å². The van der Waals surface area contributed by atoms with E-state index in [0.29, 0.717) is 32.0 Å². The molecule has 138 valence electrons. The van der Waals surface area contributed by atoms with Crippen molar-refractivity contribution in [2.24, 2.45) is 10.8 Å². The molecule has 1 aromatic rings. The molecule has 6 rings (SSSR count). The molecule has 4 bridgehead atoms. The Hall–Kier alpha value is -1.24. The van der Waals surface area contributed by atoms with Gasteiger partial charge in [0.2, 0.25) is 0 Å². The maximum atomic E-state index is 13.6. The molecule has 5 aliphatic rings. The lowest BCUT2D eigenvalue weighted by molar-refractivity contribution is -0.234. The topological polar surface area (TPSA) is 43.9 Å². The fourth-order valence-corrected chi connectivity index (χ4v) is 6.46. The van der Waals surface area contributed by atoms with Gasteiger partial charge in [-0.15, -0.1) is 0 Å². The Bertz CT molecular complexity index is 809. The van der Waals surface area contributed by atoms with Crippen molar-refractivity contribution in [1.82, 2.24) is 9.80 Å². The number of nitrogens with zero attached hydrogens (tertiary/aromatic N) is 3. The van der Waals surface area contributed by atoms with Crippen molar-refractivity contribution in [2.45, 2.75) is 32.4 Å². The Labute approximate surface area is 162 Å². The highest BCUT2D eigenvalue weighted by Gasteiger charge is 2.73. The van der Waals surface area contributed by atoms with E-state index in [-0.39, 0.29) is 16.7 Å². The van der Waals surface area contributed by atoms with Gasteiger partial charge in [0.1, 0.15) is 5.78 Å². The van der Waals surface area contributed by atoms with Crippen LogP contribution in [-0.4, -0.2) is 54.7 Å². The van der Waals surface area contributed by atoms with Crippen molar-refractivity contribution < 1.29 is 9.59 Å². The molecule has 5 heterocycles. The van der Waals surface area contributed by atoms with Gasteiger partial charge >= 0.3 is 0 Å². The largest absolute Gasteiger partial charge is 0.312 e. The summed E-state index contributed by atoms with van der Waals surface area (Å²) in [5.41, 5.74) is 0.638. The Balaban J connectivity index is 1.74. The molecule has 0 atom stereocenters. The van der Waals surface area contributed by atoms with Gasteiger partial charge in [0.25, 0.3) is 5.91 Å². The molecule has 1 spiro atoms. The molecule has 0 saturated carbocycles. The zero-order valence-corrected chi connectivity index (χ0v) is 17.1. The van der Waals surface area contributed by atoms with Crippen molar-refractivity contribution >= 4 is 33.3 Å². The van der Waals surface area contributed by atoms with E-state index < -0.39 is 5.66 Å². The summed E-state index contributed by atoms with van der Waals surface area (Å²) in [6.07, 6.45) is 1.68. The number of rotatable bonds is 2. The Morgan fingerprint density at radius 1 is 1.00 bits per heavy atom. The number of carbonyl (C=O) groups is 2. The second-order valence-electron chi connectivity index (χ2n) is 8.51. The van der Waals surface area contributed by atoms with Crippen LogP contribution in [0.1, 0.15) is 32.3 Å². The number of Topliss-reactive ketones (excluding diaryl/α,β-unsaturated/α-hetero) is 1. The minimum absolute atomic E-state index is 0.120. The van der Waals surface area contributed by atoms with E-state index in [1.54, 1.807) is 4.90 Å². The van der Waals surface area contributed by atoms with Crippen LogP contribution in [0, 0.1) is 10.8 Å². The summed E-state index contributed by atoms with van der Waals surface area (Å²) in [7, 11) is 1.87. The average Bonchev–Trinajstić information content (AvgIpc) is 2.84. The number of benzene rings is 1. The Kier molecular flexibility index (Phi) is 3.23. The fraction of sp³-hybridized carbons (Fsp3) is 0.600. The SMILES string of the molecule is CCC12CN3CC(CC)(CN(C1)C31C(=O)N(C)c3ccc(Br)cc31)C2=O. The number of hydrogen-bond donors (Lipinski definition) is 0. The van der Waals surface area contributed by atoms with Gasteiger partial charge in [0.05, 0.1) is 16.5 Å². The predicted octanol–water partition coefficient (Wildman–Crippen LogP) is 2.59. The van der Waals surface area contributed by atoms with Crippen molar-refractivity contribution in [1.29, 1.82) is 0 Å². The highest BCUT2D eigenvalue weighted by molar-refractivity contribution is 9.10. The predicted molar refractivity (Wildman–Crippen MR) is 103 cm³/mol. The van der Waals surface area contributed by atoms with Crippen molar-refractivity contribution in [2.75, 3.05) is 38.1 Å². The molecule has 5 aliphatic heterocycles. The third-order valence-electron chi connectivity index (χ3n) is 7.50. The van der Waals surface area contributed by atoms with Gasteiger partial charge in [-0.05, 0) is 31.0 Å². The number of fused-ring (bicyclic) bond motifs is 1. The summed E-state index contributed by atoms with van der Waals surface area (Å²) in [5.74, 6) is 0.556. The highest BCUT2D eigenvalue weighted by atomic mass is 79.9. The molecule has 26 heavy (non-hydrogen) atoms. The Morgan fingerprint density at radius 3 is 2.04 bits per heavy atom. The molecule has 0 unspecified atom stereocenters. The fourth-order valence-electron chi connectivity index (χ4n) is 6.10. The number of halogens is 1. The van der Waals surface area contributed by atoms with Gasteiger partial charge in [-0.25, -0.2) is 0 Å². The zero-order valence-electron chi connectivity index (χ0n) is 15.5. The first-order valence-corrected chi connectivity index (χ1v) is 10.3. The number of piperidine rings is 2. The zero-order chi connectivity index (χ0) is 18.5. The molecule has 4 fully saturated rings. The standard InChI is InChI=1S/C20H24BrN3O2/c1-4-18-9-23-11-19(5-2,16(18)25)12-24(10-18)20(23)14-8-13(21)6-7-15(14)22(3)17(20)26/h6-8H,4-5,9-12H2,1-3H3. The summed E-state index contributed by atoms with van der Waals surface area (Å²) in [4.78, 5) is 33.4. The van der Waals surface area contributed by atoms with Crippen molar-refractivity contribution in [3.05, 3.63) is 28.2 Å². The number of anilines is 1. The van der Waals surface area contributed by atoms with E-state index in [1.807, 2.05) is 19.2 Å². The third-order valence-corrected chi connectivity index (χ3v) is 8.00. The first-order chi connectivity index (χ1) is 12.3. The summed E-state index contributed by atoms with van der Waals surface area (Å²) >= 11 is 3.59. The molecular weight excluding hydrogens is 394 g/mol.